The van der Waals surface area contributed by atoms with Gasteiger partial charge in [-0.2, -0.15) is 0 Å². The van der Waals surface area contributed by atoms with E-state index in [1.54, 1.807) is 7.11 Å². The molecule has 0 unspecified atom stereocenters. The van der Waals surface area contributed by atoms with Gasteiger partial charge in [0.2, 0.25) is 0 Å². The second kappa shape index (κ2) is 4.93. The van der Waals surface area contributed by atoms with Crippen molar-refractivity contribution in [2.45, 2.75) is 52.4 Å². The summed E-state index contributed by atoms with van der Waals surface area (Å²) >= 11 is 0. The Bertz CT molecular complexity index is 425. The van der Waals surface area contributed by atoms with E-state index in [1.807, 2.05) is 0 Å². The van der Waals surface area contributed by atoms with E-state index < -0.39 is 0 Å². The van der Waals surface area contributed by atoms with Crippen molar-refractivity contribution in [2.24, 2.45) is 0 Å². The zero-order chi connectivity index (χ0) is 14.1. The molecule has 0 radical (unpaired) electrons. The maximum absolute atomic E-state index is 9.56. The summed E-state index contributed by atoms with van der Waals surface area (Å²) in [7, 11) is 1.71. The van der Waals surface area contributed by atoms with Crippen molar-refractivity contribution in [1.82, 2.24) is 0 Å². The molecule has 0 aliphatic carbocycles. The summed E-state index contributed by atoms with van der Waals surface area (Å²) in [5.41, 5.74) is 3.34. The third kappa shape index (κ3) is 2.86. The van der Waals surface area contributed by atoms with Crippen LogP contribution >= 0.6 is 0 Å². The quantitative estimate of drug-likeness (QED) is 0.888. The third-order valence-corrected chi connectivity index (χ3v) is 3.48. The number of methoxy groups -OCH3 is 1. The molecule has 0 atom stereocenters. The molecule has 0 aromatic heterocycles. The molecule has 0 saturated carbocycles. The number of aliphatic hydroxyl groups excluding tert-OH is 1. The van der Waals surface area contributed by atoms with E-state index in [9.17, 15) is 5.11 Å². The topological polar surface area (TPSA) is 29.5 Å². The van der Waals surface area contributed by atoms with Crippen molar-refractivity contribution in [2.75, 3.05) is 13.7 Å². The minimum absolute atomic E-state index is 0.0271. The van der Waals surface area contributed by atoms with Gasteiger partial charge in [0.1, 0.15) is 5.75 Å². The normalized spacial score (nSPS) is 12.7. The molecule has 102 valence electrons. The second-order valence-electron chi connectivity index (χ2n) is 6.66. The average molecular weight is 250 g/mol. The highest BCUT2D eigenvalue weighted by atomic mass is 16.5. The van der Waals surface area contributed by atoms with Gasteiger partial charge in [-0.15, -0.1) is 0 Å². The second-order valence-corrected chi connectivity index (χ2v) is 6.66. The van der Waals surface area contributed by atoms with Gasteiger partial charge in [0.05, 0.1) is 13.7 Å². The molecule has 1 N–H and O–H groups in total. The van der Waals surface area contributed by atoms with E-state index in [1.165, 1.54) is 16.7 Å². The third-order valence-electron chi connectivity index (χ3n) is 3.48. The molecule has 0 spiro atoms. The average Bonchev–Trinajstić information content (AvgIpc) is 2.26. The Hall–Kier alpha value is -1.02. The van der Waals surface area contributed by atoms with Crippen molar-refractivity contribution < 1.29 is 9.84 Å². The Morgan fingerprint density at radius 2 is 1.61 bits per heavy atom. The number of hydrogen-bond donors (Lipinski definition) is 1. The lowest BCUT2D eigenvalue weighted by Crippen LogP contribution is -2.25. The number of aryl methyl sites for hydroxylation is 1. The van der Waals surface area contributed by atoms with Crippen LogP contribution in [0.15, 0.2) is 12.1 Å². The van der Waals surface area contributed by atoms with Gasteiger partial charge in [-0.25, -0.2) is 0 Å². The maximum atomic E-state index is 9.56. The van der Waals surface area contributed by atoms with Crippen molar-refractivity contribution in [3.8, 4) is 5.75 Å². The Morgan fingerprint density at radius 1 is 1.06 bits per heavy atom. The SMILES string of the molecule is COc1cc(C)c(C(C)(C)CO)cc1C(C)(C)C. The van der Waals surface area contributed by atoms with E-state index in [-0.39, 0.29) is 17.4 Å². The van der Waals surface area contributed by atoms with E-state index in [0.29, 0.717) is 0 Å². The first kappa shape index (κ1) is 15.0. The Labute approximate surface area is 111 Å². The fraction of sp³-hybridized carbons (Fsp3) is 0.625. The largest absolute Gasteiger partial charge is 0.496 e. The van der Waals surface area contributed by atoms with Gasteiger partial charge in [0.25, 0.3) is 0 Å². The van der Waals surface area contributed by atoms with Gasteiger partial charge in [-0.3, -0.25) is 0 Å². The van der Waals surface area contributed by atoms with Crippen LogP contribution in [-0.4, -0.2) is 18.8 Å². The van der Waals surface area contributed by atoms with Crippen LogP contribution in [0.4, 0.5) is 0 Å². The summed E-state index contributed by atoms with van der Waals surface area (Å²) < 4.78 is 5.49. The monoisotopic (exact) mass is 250 g/mol. The summed E-state index contributed by atoms with van der Waals surface area (Å²) in [4.78, 5) is 0. The molecule has 0 amide bonds. The van der Waals surface area contributed by atoms with Gasteiger partial charge >= 0.3 is 0 Å². The summed E-state index contributed by atoms with van der Waals surface area (Å²) in [6, 6.07) is 4.26. The standard InChI is InChI=1S/C16H26O2/c1-11-8-14(18-7)13(15(2,3)4)9-12(11)16(5,6)10-17/h8-9,17H,10H2,1-7H3. The Morgan fingerprint density at radius 3 is 2.00 bits per heavy atom. The predicted molar refractivity (Wildman–Crippen MR) is 76.5 cm³/mol. The summed E-state index contributed by atoms with van der Waals surface area (Å²) in [6.45, 7) is 12.9. The number of hydrogen-bond acceptors (Lipinski definition) is 2. The summed E-state index contributed by atoms with van der Waals surface area (Å²) in [5, 5.41) is 9.56. The van der Waals surface area contributed by atoms with Crippen molar-refractivity contribution in [1.29, 1.82) is 0 Å². The molecule has 0 aliphatic rings. The van der Waals surface area contributed by atoms with Crippen LogP contribution in [0, 0.1) is 6.92 Å². The molecule has 1 rings (SSSR count). The van der Waals surface area contributed by atoms with Crippen LogP contribution in [-0.2, 0) is 10.8 Å². The molecule has 0 fully saturated rings. The molecule has 18 heavy (non-hydrogen) atoms. The van der Waals surface area contributed by atoms with Gasteiger partial charge in [0.15, 0.2) is 0 Å². The molecule has 1 aromatic carbocycles. The highest BCUT2D eigenvalue weighted by Gasteiger charge is 2.26. The van der Waals surface area contributed by atoms with Gasteiger partial charge < -0.3 is 9.84 Å². The van der Waals surface area contributed by atoms with Crippen molar-refractivity contribution in [3.63, 3.8) is 0 Å². The molecule has 0 aliphatic heterocycles. The van der Waals surface area contributed by atoms with E-state index >= 15 is 0 Å². The zero-order valence-electron chi connectivity index (χ0n) is 12.7. The first-order chi connectivity index (χ1) is 8.13. The number of aliphatic hydroxyl groups is 1. The number of rotatable bonds is 3. The minimum atomic E-state index is -0.226. The highest BCUT2D eigenvalue weighted by Crippen LogP contribution is 2.37. The van der Waals surface area contributed by atoms with Crippen molar-refractivity contribution in [3.05, 3.63) is 28.8 Å². The lowest BCUT2D eigenvalue weighted by atomic mass is 9.77. The Balaban J connectivity index is 3.49. The van der Waals surface area contributed by atoms with Crippen LogP contribution in [0.25, 0.3) is 0 Å². The van der Waals surface area contributed by atoms with E-state index in [4.69, 9.17) is 4.74 Å². The summed E-state index contributed by atoms with van der Waals surface area (Å²) in [6.07, 6.45) is 0. The van der Waals surface area contributed by atoms with Gasteiger partial charge in [0, 0.05) is 5.41 Å². The van der Waals surface area contributed by atoms with E-state index in [2.05, 4.69) is 53.7 Å². The number of benzene rings is 1. The Kier molecular flexibility index (Phi) is 4.12. The van der Waals surface area contributed by atoms with Crippen LogP contribution < -0.4 is 4.74 Å². The van der Waals surface area contributed by atoms with Gasteiger partial charge in [-0.1, -0.05) is 40.7 Å². The summed E-state index contributed by atoms with van der Waals surface area (Å²) in [5.74, 6) is 0.928. The maximum Gasteiger partial charge on any atom is 0.122 e. The molecule has 2 nitrogen and oxygen atoms in total. The molecule has 1 aromatic rings. The molecule has 0 saturated heterocycles. The van der Waals surface area contributed by atoms with Crippen LogP contribution in [0.2, 0.25) is 0 Å². The first-order valence-electron chi connectivity index (χ1n) is 6.44. The fourth-order valence-corrected chi connectivity index (χ4v) is 2.25. The number of ether oxygens (including phenoxy) is 1. The fourth-order valence-electron chi connectivity index (χ4n) is 2.25. The molecular weight excluding hydrogens is 224 g/mol. The van der Waals surface area contributed by atoms with E-state index in [0.717, 1.165) is 5.75 Å². The van der Waals surface area contributed by atoms with Crippen LogP contribution in [0.5, 0.6) is 5.75 Å². The highest BCUT2D eigenvalue weighted by molar-refractivity contribution is 5.48. The zero-order valence-corrected chi connectivity index (χ0v) is 12.7. The lowest BCUT2D eigenvalue weighted by Gasteiger charge is -2.29. The molecular formula is C16H26O2. The van der Waals surface area contributed by atoms with Gasteiger partial charge in [-0.05, 0) is 35.1 Å². The molecule has 2 heteroatoms. The van der Waals surface area contributed by atoms with Crippen LogP contribution in [0.3, 0.4) is 0 Å². The predicted octanol–water partition coefficient (Wildman–Crippen LogP) is 3.57. The minimum Gasteiger partial charge on any atom is -0.496 e. The molecule has 0 heterocycles. The van der Waals surface area contributed by atoms with Crippen LogP contribution in [0.1, 0.15) is 51.3 Å². The smallest absolute Gasteiger partial charge is 0.122 e. The van der Waals surface area contributed by atoms with Crippen molar-refractivity contribution >= 4 is 0 Å². The molecule has 0 bridgehead atoms. The lowest BCUT2D eigenvalue weighted by molar-refractivity contribution is 0.217. The first-order valence-corrected chi connectivity index (χ1v) is 6.44.